The normalized spacial score (nSPS) is 20.6. The summed E-state index contributed by atoms with van der Waals surface area (Å²) in [7, 11) is 2.12. The standard InChI is InChI=1S/2C22H35N5O6S/c2*1-14-7-8-19(33-14)22-26-25-20(27(22)17(11-30-4)12-31-5)13-34(28,29)16(3)15(2)18-9-24-21(32-6)10-23-18/h2*9-10,14-17,19H,7-8,11-13H2,1-6H3/t14-,15+,16+,19-;14-,15-,16-,19-/m10/s1. The Morgan fingerprint density at radius 2 is 0.897 bits per heavy atom. The molecule has 2 aliphatic rings. The van der Waals surface area contributed by atoms with E-state index < -0.39 is 30.2 Å². The molecule has 0 N–H and O–H groups in total. The molecule has 0 saturated carbocycles. The van der Waals surface area contributed by atoms with Crippen LogP contribution in [0.4, 0.5) is 0 Å². The third kappa shape index (κ3) is 13.5. The summed E-state index contributed by atoms with van der Waals surface area (Å²) in [4.78, 5) is 16.9. The van der Waals surface area contributed by atoms with E-state index in [0.717, 1.165) is 25.7 Å². The first-order valence-corrected chi connectivity index (χ1v) is 26.1. The molecule has 0 aromatic carbocycles. The van der Waals surface area contributed by atoms with Crippen molar-refractivity contribution in [3.63, 3.8) is 0 Å². The van der Waals surface area contributed by atoms with Crippen molar-refractivity contribution < 1.29 is 54.7 Å². The molecule has 0 bridgehead atoms. The zero-order valence-electron chi connectivity index (χ0n) is 41.3. The lowest BCUT2D eigenvalue weighted by Crippen LogP contribution is -2.29. The van der Waals surface area contributed by atoms with E-state index in [1.807, 2.05) is 36.8 Å². The van der Waals surface area contributed by atoms with Gasteiger partial charge in [0.25, 0.3) is 0 Å². The van der Waals surface area contributed by atoms with Gasteiger partial charge in [0, 0.05) is 40.3 Å². The highest BCUT2D eigenvalue weighted by atomic mass is 32.2. The van der Waals surface area contributed by atoms with Crippen LogP contribution in [0.15, 0.2) is 24.8 Å². The van der Waals surface area contributed by atoms with Crippen molar-refractivity contribution in [1.82, 2.24) is 49.5 Å². The first-order chi connectivity index (χ1) is 32.4. The molecule has 0 aliphatic carbocycles. The van der Waals surface area contributed by atoms with Crippen molar-refractivity contribution in [2.75, 3.05) is 69.1 Å². The third-order valence-electron chi connectivity index (χ3n) is 12.6. The van der Waals surface area contributed by atoms with E-state index in [2.05, 4.69) is 40.3 Å². The number of hydrogen-bond acceptors (Lipinski definition) is 20. The number of hydrogen-bond donors (Lipinski definition) is 0. The van der Waals surface area contributed by atoms with Gasteiger partial charge in [0.05, 0.1) is 112 Å². The van der Waals surface area contributed by atoms with Gasteiger partial charge in [0.1, 0.15) is 35.4 Å². The molecule has 2 saturated heterocycles. The van der Waals surface area contributed by atoms with E-state index in [0.29, 0.717) is 72.9 Å². The SMILES string of the molecule is COCC(COC)n1c(CS(=O)(=O)[C@@H](C)[C@H](C)c2cnc(OC)cn2)nnc1[C@@H]1CC[C@H](C)O1.COCC(COC)n1c(CS(=O)(=O)[C@@H](C)[C@H](C)c2cnc(OC)cn2)nnc1[C@H]1CC[C@@H](C)O1. The molecule has 0 unspecified atom stereocenters. The van der Waals surface area contributed by atoms with Crippen molar-refractivity contribution in [3.05, 3.63) is 59.5 Å². The van der Waals surface area contributed by atoms with Crippen LogP contribution in [0.3, 0.4) is 0 Å². The van der Waals surface area contributed by atoms with Gasteiger partial charge in [-0.2, -0.15) is 0 Å². The van der Waals surface area contributed by atoms with E-state index in [-0.39, 0.29) is 59.8 Å². The molecule has 0 radical (unpaired) electrons. The maximum absolute atomic E-state index is 13.5. The summed E-state index contributed by atoms with van der Waals surface area (Å²) < 4.78 is 101. The maximum atomic E-state index is 13.5. The Labute approximate surface area is 400 Å². The van der Waals surface area contributed by atoms with Crippen molar-refractivity contribution >= 4 is 19.7 Å². The van der Waals surface area contributed by atoms with Gasteiger partial charge in [-0.25, -0.2) is 26.8 Å². The summed E-state index contributed by atoms with van der Waals surface area (Å²) in [6.07, 6.45) is 9.17. The minimum Gasteiger partial charge on any atom is -0.480 e. The smallest absolute Gasteiger partial charge is 0.231 e. The second-order valence-electron chi connectivity index (χ2n) is 17.4. The predicted octanol–water partition coefficient (Wildman–Crippen LogP) is 4.52. The highest BCUT2D eigenvalue weighted by Crippen LogP contribution is 2.36. The Bertz CT molecular complexity index is 2210. The van der Waals surface area contributed by atoms with Gasteiger partial charge in [0.2, 0.25) is 11.8 Å². The molecule has 6 heterocycles. The Morgan fingerprint density at radius 1 is 0.544 bits per heavy atom. The Hall–Kier alpha value is -4.30. The average Bonchev–Trinajstić information content (AvgIpc) is 4.15. The molecule has 24 heteroatoms. The molecular weight excluding hydrogens is 925 g/mol. The zero-order valence-corrected chi connectivity index (χ0v) is 43.0. The summed E-state index contributed by atoms with van der Waals surface area (Å²) in [5.41, 5.74) is 1.15. The highest BCUT2D eigenvalue weighted by Gasteiger charge is 2.37. The molecule has 22 nitrogen and oxygen atoms in total. The van der Waals surface area contributed by atoms with Gasteiger partial charge in [-0.15, -0.1) is 20.4 Å². The summed E-state index contributed by atoms with van der Waals surface area (Å²) in [5, 5.41) is 15.8. The van der Waals surface area contributed by atoms with E-state index in [1.54, 1.807) is 54.7 Å². The zero-order chi connectivity index (χ0) is 49.8. The molecule has 0 spiro atoms. The Kier molecular flexibility index (Phi) is 20.1. The lowest BCUT2D eigenvalue weighted by atomic mass is 10.1. The van der Waals surface area contributed by atoms with Crippen molar-refractivity contribution in [3.8, 4) is 11.8 Å². The van der Waals surface area contributed by atoms with Crippen molar-refractivity contribution in [1.29, 1.82) is 0 Å². The summed E-state index contributed by atoms with van der Waals surface area (Å²) >= 11 is 0. The number of rotatable bonds is 24. The second-order valence-corrected chi connectivity index (χ2v) is 22.1. The highest BCUT2D eigenvalue weighted by molar-refractivity contribution is 7.91. The number of methoxy groups -OCH3 is 6. The van der Waals surface area contributed by atoms with Gasteiger partial charge < -0.3 is 47.0 Å². The minimum absolute atomic E-state index is 0.108. The lowest BCUT2D eigenvalue weighted by Gasteiger charge is -2.24. The van der Waals surface area contributed by atoms with Gasteiger partial charge in [-0.3, -0.25) is 9.97 Å². The van der Waals surface area contributed by atoms with Gasteiger partial charge >= 0.3 is 0 Å². The molecule has 0 amide bonds. The predicted molar refractivity (Wildman–Crippen MR) is 249 cm³/mol. The van der Waals surface area contributed by atoms with E-state index >= 15 is 0 Å². The van der Waals surface area contributed by atoms with Crippen LogP contribution in [0.5, 0.6) is 11.8 Å². The summed E-state index contributed by atoms with van der Waals surface area (Å²) in [6, 6.07) is -0.574. The van der Waals surface area contributed by atoms with Crippen molar-refractivity contribution in [2.24, 2.45) is 0 Å². The average molecular weight is 995 g/mol. The number of nitrogens with zero attached hydrogens (tertiary/aromatic N) is 10. The third-order valence-corrected chi connectivity index (χ3v) is 17.0. The topological polar surface area (TPSA) is 255 Å². The molecular formula is C44H70N10O12S2. The van der Waals surface area contributed by atoms with Gasteiger partial charge in [-0.1, -0.05) is 13.8 Å². The largest absolute Gasteiger partial charge is 0.480 e. The fourth-order valence-electron chi connectivity index (χ4n) is 8.31. The number of sulfone groups is 2. The van der Waals surface area contributed by atoms with E-state index in [9.17, 15) is 16.8 Å². The molecule has 68 heavy (non-hydrogen) atoms. The van der Waals surface area contributed by atoms with E-state index in [4.69, 9.17) is 37.9 Å². The molecule has 2 aliphatic heterocycles. The van der Waals surface area contributed by atoms with Crippen LogP contribution in [0.2, 0.25) is 0 Å². The fourth-order valence-corrected chi connectivity index (χ4v) is 11.5. The first-order valence-electron chi connectivity index (χ1n) is 22.7. The lowest BCUT2D eigenvalue weighted by molar-refractivity contribution is 0.0397. The first kappa shape index (κ1) is 54.6. The molecule has 6 rings (SSSR count). The minimum atomic E-state index is -3.63. The van der Waals surface area contributed by atoms with Crippen LogP contribution < -0.4 is 9.47 Å². The van der Waals surface area contributed by atoms with Crippen LogP contribution in [0, 0.1) is 0 Å². The second kappa shape index (κ2) is 25.0. The van der Waals surface area contributed by atoms with Gasteiger partial charge in [-0.05, 0) is 53.4 Å². The monoisotopic (exact) mass is 994 g/mol. The van der Waals surface area contributed by atoms with Crippen LogP contribution in [-0.4, -0.2) is 158 Å². The van der Waals surface area contributed by atoms with Crippen LogP contribution in [0.25, 0.3) is 0 Å². The van der Waals surface area contributed by atoms with Crippen molar-refractivity contribution in [2.45, 2.75) is 138 Å². The molecule has 380 valence electrons. The maximum Gasteiger partial charge on any atom is 0.231 e. The van der Waals surface area contributed by atoms with Gasteiger partial charge in [0.15, 0.2) is 31.3 Å². The van der Waals surface area contributed by atoms with E-state index in [1.165, 1.54) is 26.6 Å². The van der Waals surface area contributed by atoms with Crippen LogP contribution in [-0.2, 0) is 59.6 Å². The Morgan fingerprint density at radius 3 is 1.16 bits per heavy atom. The summed E-state index contributed by atoms with van der Waals surface area (Å²) in [6.45, 7) is 12.3. The quantitative estimate of drug-likeness (QED) is 0.0935. The molecule has 2 fully saturated rings. The number of ether oxygens (including phenoxy) is 8. The Balaban J connectivity index is 0.000000254. The fraction of sp³-hybridized carbons (Fsp3) is 0.727. The molecule has 8 atom stereocenters. The van der Waals surface area contributed by atoms with Crippen LogP contribution >= 0.6 is 0 Å². The summed E-state index contributed by atoms with van der Waals surface area (Å²) in [5.74, 6) is 1.33. The molecule has 4 aromatic heterocycles. The molecule has 4 aromatic rings. The number of aromatic nitrogens is 10. The van der Waals surface area contributed by atoms with Crippen LogP contribution in [0.1, 0.15) is 138 Å².